The third kappa shape index (κ3) is 3.79. The number of sulfonamides is 1. The van der Waals surface area contributed by atoms with Crippen molar-refractivity contribution >= 4 is 26.0 Å². The Hall–Kier alpha value is -1.57. The van der Waals surface area contributed by atoms with Crippen LogP contribution in [0.4, 0.5) is 0 Å². The normalized spacial score (nSPS) is 11.2. The third-order valence-corrected chi connectivity index (χ3v) is 5.48. The fraction of sp³-hybridized carbons (Fsp3) is 0.200. The second-order valence-corrected chi connectivity index (χ2v) is 7.02. The zero-order chi connectivity index (χ0) is 16.2. The van der Waals surface area contributed by atoms with E-state index in [4.69, 9.17) is 9.47 Å². The summed E-state index contributed by atoms with van der Waals surface area (Å²) in [5.41, 5.74) is 0.692. The summed E-state index contributed by atoms with van der Waals surface area (Å²) < 4.78 is 38.2. The molecule has 0 fully saturated rings. The Bertz CT molecular complexity index is 762. The molecule has 118 valence electrons. The van der Waals surface area contributed by atoms with Crippen molar-refractivity contribution in [1.82, 2.24) is 4.72 Å². The molecule has 0 aliphatic heterocycles. The van der Waals surface area contributed by atoms with Crippen LogP contribution in [0.25, 0.3) is 0 Å². The lowest BCUT2D eigenvalue weighted by Gasteiger charge is -2.12. The van der Waals surface area contributed by atoms with E-state index in [0.717, 1.165) is 0 Å². The Labute approximate surface area is 138 Å². The summed E-state index contributed by atoms with van der Waals surface area (Å²) in [5, 5.41) is 0. The number of nitrogens with one attached hydrogen (secondary N) is 1. The highest BCUT2D eigenvalue weighted by atomic mass is 79.9. The lowest BCUT2D eigenvalue weighted by Crippen LogP contribution is -2.23. The maximum atomic E-state index is 12.4. The second-order valence-electron chi connectivity index (χ2n) is 4.43. The van der Waals surface area contributed by atoms with Crippen molar-refractivity contribution in [1.29, 1.82) is 0 Å². The molecule has 5 nitrogen and oxygen atoms in total. The molecule has 0 aliphatic rings. The monoisotopic (exact) mass is 385 g/mol. The molecular formula is C15H16BrNO4S. The maximum absolute atomic E-state index is 12.4. The summed E-state index contributed by atoms with van der Waals surface area (Å²) in [4.78, 5) is 0.192. The summed E-state index contributed by atoms with van der Waals surface area (Å²) in [7, 11) is -0.539. The third-order valence-electron chi connectivity index (χ3n) is 3.07. The van der Waals surface area contributed by atoms with Crippen molar-refractivity contribution in [3.05, 3.63) is 52.5 Å². The Morgan fingerprint density at radius 1 is 1.09 bits per heavy atom. The fourth-order valence-corrected chi connectivity index (χ4v) is 3.94. The van der Waals surface area contributed by atoms with E-state index in [1.165, 1.54) is 13.2 Å². The smallest absolute Gasteiger partial charge is 0.241 e. The molecule has 0 spiro atoms. The molecule has 7 heteroatoms. The first-order chi connectivity index (χ1) is 10.5. The second kappa shape index (κ2) is 7.13. The SMILES string of the molecule is COc1ccc(OC)c(CNS(=O)(=O)c2ccccc2Br)c1. The van der Waals surface area contributed by atoms with Crippen LogP contribution in [-0.2, 0) is 16.6 Å². The quantitative estimate of drug-likeness (QED) is 0.829. The van der Waals surface area contributed by atoms with Crippen LogP contribution in [0.15, 0.2) is 51.8 Å². The van der Waals surface area contributed by atoms with Gasteiger partial charge in [0.1, 0.15) is 11.5 Å². The van der Waals surface area contributed by atoms with E-state index in [9.17, 15) is 8.42 Å². The molecule has 0 heterocycles. The fourth-order valence-electron chi connectivity index (χ4n) is 1.93. The van der Waals surface area contributed by atoms with Crippen molar-refractivity contribution in [3.8, 4) is 11.5 Å². The molecule has 0 atom stereocenters. The van der Waals surface area contributed by atoms with Gasteiger partial charge in [-0.05, 0) is 46.3 Å². The summed E-state index contributed by atoms with van der Waals surface area (Å²) in [6.45, 7) is 0.101. The first-order valence-corrected chi connectivity index (χ1v) is 8.70. The van der Waals surface area contributed by atoms with Crippen molar-refractivity contribution in [2.75, 3.05) is 14.2 Å². The average Bonchev–Trinajstić information content (AvgIpc) is 2.53. The van der Waals surface area contributed by atoms with Gasteiger partial charge < -0.3 is 9.47 Å². The molecule has 1 N–H and O–H groups in total. The largest absolute Gasteiger partial charge is 0.497 e. The molecule has 0 radical (unpaired) electrons. The molecule has 0 aliphatic carbocycles. The molecule has 0 bridgehead atoms. The van der Waals surface area contributed by atoms with Crippen LogP contribution in [0.3, 0.4) is 0 Å². The zero-order valence-electron chi connectivity index (χ0n) is 12.2. The minimum absolute atomic E-state index is 0.101. The number of rotatable bonds is 6. The Balaban J connectivity index is 2.24. The van der Waals surface area contributed by atoms with Crippen molar-refractivity contribution in [3.63, 3.8) is 0 Å². The van der Waals surface area contributed by atoms with Crippen LogP contribution in [0, 0.1) is 0 Å². The number of ether oxygens (including phenoxy) is 2. The van der Waals surface area contributed by atoms with E-state index in [-0.39, 0.29) is 11.4 Å². The number of hydrogen-bond acceptors (Lipinski definition) is 4. The Morgan fingerprint density at radius 3 is 2.45 bits per heavy atom. The Kier molecular flexibility index (Phi) is 5.44. The predicted octanol–water partition coefficient (Wildman–Crippen LogP) is 2.94. The molecule has 2 rings (SSSR count). The van der Waals surface area contributed by atoms with Gasteiger partial charge >= 0.3 is 0 Å². The number of methoxy groups -OCH3 is 2. The van der Waals surface area contributed by atoms with Gasteiger partial charge in [0, 0.05) is 16.6 Å². The topological polar surface area (TPSA) is 64.6 Å². The van der Waals surface area contributed by atoms with E-state index in [1.54, 1.807) is 43.5 Å². The highest BCUT2D eigenvalue weighted by molar-refractivity contribution is 9.10. The van der Waals surface area contributed by atoms with Crippen molar-refractivity contribution in [2.24, 2.45) is 0 Å². The molecule has 2 aromatic carbocycles. The molecular weight excluding hydrogens is 370 g/mol. The first-order valence-electron chi connectivity index (χ1n) is 6.43. The van der Waals surface area contributed by atoms with Crippen molar-refractivity contribution < 1.29 is 17.9 Å². The summed E-state index contributed by atoms with van der Waals surface area (Å²) in [6.07, 6.45) is 0. The average molecular weight is 386 g/mol. The molecule has 0 saturated heterocycles. The van der Waals surface area contributed by atoms with Crippen LogP contribution < -0.4 is 14.2 Å². The van der Waals surface area contributed by atoms with Gasteiger partial charge in [0.15, 0.2) is 0 Å². The van der Waals surface area contributed by atoms with E-state index in [0.29, 0.717) is 21.5 Å². The van der Waals surface area contributed by atoms with Crippen LogP contribution in [-0.4, -0.2) is 22.6 Å². The zero-order valence-corrected chi connectivity index (χ0v) is 14.6. The highest BCUT2D eigenvalue weighted by Gasteiger charge is 2.17. The van der Waals surface area contributed by atoms with E-state index in [2.05, 4.69) is 20.7 Å². The minimum atomic E-state index is -3.63. The van der Waals surface area contributed by atoms with E-state index in [1.807, 2.05) is 0 Å². The lowest BCUT2D eigenvalue weighted by atomic mass is 10.2. The van der Waals surface area contributed by atoms with E-state index < -0.39 is 10.0 Å². The molecule has 22 heavy (non-hydrogen) atoms. The standard InChI is InChI=1S/C15H16BrNO4S/c1-20-12-7-8-14(21-2)11(9-12)10-17-22(18,19)15-6-4-3-5-13(15)16/h3-9,17H,10H2,1-2H3. The number of hydrogen-bond donors (Lipinski definition) is 1. The van der Waals surface area contributed by atoms with Gasteiger partial charge in [0.05, 0.1) is 19.1 Å². The van der Waals surface area contributed by atoms with Gasteiger partial charge in [-0.1, -0.05) is 12.1 Å². The van der Waals surface area contributed by atoms with Crippen LogP contribution in [0.2, 0.25) is 0 Å². The van der Waals surface area contributed by atoms with Crippen LogP contribution in [0.1, 0.15) is 5.56 Å². The lowest BCUT2D eigenvalue weighted by molar-refractivity contribution is 0.398. The van der Waals surface area contributed by atoms with E-state index >= 15 is 0 Å². The maximum Gasteiger partial charge on any atom is 0.241 e. The highest BCUT2D eigenvalue weighted by Crippen LogP contribution is 2.25. The first kappa shape index (κ1) is 16.8. The molecule has 0 aromatic heterocycles. The van der Waals surface area contributed by atoms with Gasteiger partial charge in [-0.2, -0.15) is 0 Å². The van der Waals surface area contributed by atoms with Crippen LogP contribution in [0.5, 0.6) is 11.5 Å². The number of benzene rings is 2. The molecule has 2 aromatic rings. The summed E-state index contributed by atoms with van der Waals surface area (Å²) >= 11 is 3.25. The predicted molar refractivity (Wildman–Crippen MR) is 87.7 cm³/mol. The Morgan fingerprint density at radius 2 is 1.82 bits per heavy atom. The van der Waals surface area contributed by atoms with Crippen LogP contribution >= 0.6 is 15.9 Å². The summed E-state index contributed by atoms with van der Waals surface area (Å²) in [5.74, 6) is 1.23. The van der Waals surface area contributed by atoms with Gasteiger partial charge in [-0.15, -0.1) is 0 Å². The van der Waals surface area contributed by atoms with Crippen molar-refractivity contribution in [2.45, 2.75) is 11.4 Å². The summed E-state index contributed by atoms with van der Waals surface area (Å²) in [6, 6.07) is 11.9. The van der Waals surface area contributed by atoms with Gasteiger partial charge in [0.2, 0.25) is 10.0 Å². The van der Waals surface area contributed by atoms with Gasteiger partial charge in [-0.25, -0.2) is 13.1 Å². The molecule has 0 saturated carbocycles. The molecule has 0 amide bonds. The van der Waals surface area contributed by atoms with Gasteiger partial charge in [0.25, 0.3) is 0 Å². The van der Waals surface area contributed by atoms with Gasteiger partial charge in [-0.3, -0.25) is 0 Å². The number of halogens is 1. The molecule has 0 unspecified atom stereocenters. The minimum Gasteiger partial charge on any atom is -0.497 e.